The number of anilines is 1. The Morgan fingerprint density at radius 3 is 2.89 bits per heavy atom. The molecule has 4 aromatic rings. The van der Waals surface area contributed by atoms with Crippen LogP contribution in [0.15, 0.2) is 47.3 Å². The molecule has 1 amide bonds. The summed E-state index contributed by atoms with van der Waals surface area (Å²) in [6, 6.07) is 12.1. The number of nitrogens with one attached hydrogen (secondary N) is 2. The second-order valence-electron chi connectivity index (χ2n) is 6.89. The monoisotopic (exact) mass is 409 g/mol. The molecule has 28 heavy (non-hydrogen) atoms. The van der Waals surface area contributed by atoms with E-state index in [9.17, 15) is 4.79 Å². The van der Waals surface area contributed by atoms with Gasteiger partial charge in [0.15, 0.2) is 5.82 Å². The van der Waals surface area contributed by atoms with Crippen LogP contribution in [-0.4, -0.2) is 40.2 Å². The largest absolute Gasteiger partial charge is 0.355 e. The summed E-state index contributed by atoms with van der Waals surface area (Å²) < 4.78 is 1.04. The lowest BCUT2D eigenvalue weighted by Crippen LogP contribution is -2.44. The number of hydrogen-bond acceptors (Lipinski definition) is 6. The summed E-state index contributed by atoms with van der Waals surface area (Å²) in [6.07, 6.45) is 1.82. The number of aromatic nitrogens is 3. The number of piperidine rings is 1. The van der Waals surface area contributed by atoms with Crippen molar-refractivity contribution in [3.63, 3.8) is 0 Å². The van der Waals surface area contributed by atoms with Crippen LogP contribution in [0.25, 0.3) is 20.8 Å². The second-order valence-corrected chi connectivity index (χ2v) is 8.72. The Kier molecular flexibility index (Phi) is 4.58. The number of nitrogens with zero attached hydrogens (tertiary/aromatic N) is 3. The summed E-state index contributed by atoms with van der Waals surface area (Å²) in [4.78, 5) is 20.3. The van der Waals surface area contributed by atoms with Crippen molar-refractivity contribution in [2.75, 3.05) is 18.0 Å². The van der Waals surface area contributed by atoms with Crippen LogP contribution in [0.1, 0.15) is 23.2 Å². The van der Waals surface area contributed by atoms with Crippen molar-refractivity contribution >= 4 is 44.6 Å². The molecule has 0 atom stereocenters. The lowest BCUT2D eigenvalue weighted by molar-refractivity contribution is 0.0931. The van der Waals surface area contributed by atoms with Crippen LogP contribution >= 0.6 is 22.7 Å². The fraction of sp³-hybridized carbons (Fsp3) is 0.250. The molecule has 4 heterocycles. The number of carbonyl (C=O) groups excluding carboxylic acids is 1. The number of thiazole rings is 1. The lowest BCUT2D eigenvalue weighted by atomic mass is 10.0. The molecule has 2 N–H and O–H groups in total. The number of H-pyrrole nitrogens is 1. The molecule has 0 spiro atoms. The van der Waals surface area contributed by atoms with Gasteiger partial charge in [0.25, 0.3) is 5.91 Å². The van der Waals surface area contributed by atoms with Crippen LogP contribution in [0.5, 0.6) is 0 Å². The molecule has 8 heteroatoms. The lowest BCUT2D eigenvalue weighted by Gasteiger charge is -2.32. The average Bonchev–Trinajstić information content (AvgIpc) is 3.48. The van der Waals surface area contributed by atoms with Gasteiger partial charge in [0.1, 0.15) is 0 Å². The topological polar surface area (TPSA) is 73.9 Å². The van der Waals surface area contributed by atoms with Gasteiger partial charge in [-0.15, -0.1) is 22.7 Å². The first kappa shape index (κ1) is 17.4. The molecule has 1 aliphatic rings. The molecule has 1 aromatic carbocycles. The smallest absolute Gasteiger partial charge is 0.251 e. The molecule has 0 bridgehead atoms. The minimum Gasteiger partial charge on any atom is -0.355 e. The second kappa shape index (κ2) is 7.37. The van der Waals surface area contributed by atoms with E-state index in [2.05, 4.69) is 42.9 Å². The van der Waals surface area contributed by atoms with Gasteiger partial charge in [-0.25, -0.2) is 4.98 Å². The molecule has 0 saturated carbocycles. The molecule has 1 fully saturated rings. The Hall–Kier alpha value is -2.71. The van der Waals surface area contributed by atoms with Crippen LogP contribution in [0.3, 0.4) is 0 Å². The van der Waals surface area contributed by atoms with Crippen LogP contribution in [0, 0.1) is 0 Å². The number of fused-ring (bicyclic) bond motifs is 1. The van der Waals surface area contributed by atoms with Gasteiger partial charge >= 0.3 is 0 Å². The van der Waals surface area contributed by atoms with Crippen LogP contribution in [0.2, 0.25) is 0 Å². The molecule has 1 saturated heterocycles. The van der Waals surface area contributed by atoms with E-state index in [4.69, 9.17) is 0 Å². The van der Waals surface area contributed by atoms with E-state index < -0.39 is 0 Å². The Balaban J connectivity index is 1.19. The van der Waals surface area contributed by atoms with Crippen molar-refractivity contribution in [1.29, 1.82) is 0 Å². The normalized spacial score (nSPS) is 15.2. The molecular formula is C20H19N5OS2. The molecule has 1 aliphatic heterocycles. The number of thiophene rings is 1. The third kappa shape index (κ3) is 3.41. The van der Waals surface area contributed by atoms with Crippen molar-refractivity contribution in [2.24, 2.45) is 0 Å². The predicted molar refractivity (Wildman–Crippen MR) is 114 cm³/mol. The highest BCUT2D eigenvalue weighted by Gasteiger charge is 2.23. The summed E-state index contributed by atoms with van der Waals surface area (Å²) in [5, 5.41) is 12.8. The van der Waals surface area contributed by atoms with E-state index in [-0.39, 0.29) is 11.9 Å². The maximum atomic E-state index is 12.6. The highest BCUT2D eigenvalue weighted by molar-refractivity contribution is 7.16. The number of aromatic amines is 1. The molecule has 142 valence electrons. The Morgan fingerprint density at radius 1 is 1.18 bits per heavy atom. The first-order chi connectivity index (χ1) is 13.8. The summed E-state index contributed by atoms with van der Waals surface area (Å²) in [5.41, 5.74) is 4.50. The van der Waals surface area contributed by atoms with E-state index in [0.717, 1.165) is 47.7 Å². The third-order valence-electron chi connectivity index (χ3n) is 5.10. The first-order valence-electron chi connectivity index (χ1n) is 9.24. The van der Waals surface area contributed by atoms with Crippen molar-refractivity contribution < 1.29 is 4.79 Å². The number of benzene rings is 1. The van der Waals surface area contributed by atoms with Crippen molar-refractivity contribution in [3.05, 3.63) is 52.9 Å². The van der Waals surface area contributed by atoms with Crippen molar-refractivity contribution in [2.45, 2.75) is 18.9 Å². The van der Waals surface area contributed by atoms with Crippen molar-refractivity contribution in [1.82, 2.24) is 20.5 Å². The number of amides is 1. The zero-order valence-corrected chi connectivity index (χ0v) is 16.7. The fourth-order valence-electron chi connectivity index (χ4n) is 3.55. The molecule has 6 nitrogen and oxygen atoms in total. The molecule has 5 rings (SSSR count). The van der Waals surface area contributed by atoms with E-state index in [1.807, 2.05) is 24.3 Å². The van der Waals surface area contributed by atoms with Crippen molar-refractivity contribution in [3.8, 4) is 10.6 Å². The highest BCUT2D eigenvalue weighted by Crippen LogP contribution is 2.27. The van der Waals surface area contributed by atoms with E-state index >= 15 is 0 Å². The Morgan fingerprint density at radius 2 is 2.07 bits per heavy atom. The minimum atomic E-state index is -0.00602. The predicted octanol–water partition coefficient (Wildman–Crippen LogP) is 4.15. The van der Waals surface area contributed by atoms with E-state index in [1.165, 1.54) is 4.88 Å². The molecule has 3 aromatic heterocycles. The fourth-order valence-corrected chi connectivity index (χ4v) is 4.96. The third-order valence-corrected chi connectivity index (χ3v) is 6.79. The van der Waals surface area contributed by atoms with Gasteiger partial charge in [0, 0.05) is 30.8 Å². The summed E-state index contributed by atoms with van der Waals surface area (Å²) >= 11 is 3.26. The van der Waals surface area contributed by atoms with Gasteiger partial charge < -0.3 is 10.2 Å². The molecule has 0 aliphatic carbocycles. The standard InChI is InChI=1S/C20H19N5OS2/c26-20(13-3-4-15-18(10-13)28-12-21-15)22-14-5-7-25(8-6-14)19-11-16(23-24-19)17-2-1-9-27-17/h1-4,9-12,14H,5-8H2,(H,22,26)(H,23,24). The first-order valence-corrected chi connectivity index (χ1v) is 11.0. The average molecular weight is 410 g/mol. The van der Waals surface area contributed by atoms with Gasteiger partial charge in [0.2, 0.25) is 0 Å². The number of carbonyl (C=O) groups is 1. The Labute approximate surface area is 170 Å². The summed E-state index contributed by atoms with van der Waals surface area (Å²) in [7, 11) is 0. The SMILES string of the molecule is O=C(NC1CCN(c2cc(-c3cccs3)[nH]n2)CC1)c1ccc2ncsc2c1. The van der Waals surface area contributed by atoms with Gasteiger partial charge in [-0.3, -0.25) is 9.89 Å². The van der Waals surface area contributed by atoms with E-state index in [0.29, 0.717) is 5.56 Å². The quantitative estimate of drug-likeness (QED) is 0.531. The molecule has 0 radical (unpaired) electrons. The van der Waals surface area contributed by atoms with Crippen LogP contribution < -0.4 is 10.2 Å². The minimum absolute atomic E-state index is 0.00602. The molecular weight excluding hydrogens is 390 g/mol. The number of rotatable bonds is 4. The maximum absolute atomic E-state index is 12.6. The van der Waals surface area contributed by atoms with E-state index in [1.54, 1.807) is 28.2 Å². The Bertz CT molecular complexity index is 1090. The summed E-state index contributed by atoms with van der Waals surface area (Å²) in [6.45, 7) is 1.77. The van der Waals surface area contributed by atoms with Crippen LogP contribution in [-0.2, 0) is 0 Å². The zero-order valence-electron chi connectivity index (χ0n) is 15.1. The van der Waals surface area contributed by atoms with Gasteiger partial charge in [0.05, 0.1) is 26.3 Å². The van der Waals surface area contributed by atoms with Gasteiger partial charge in [-0.1, -0.05) is 6.07 Å². The van der Waals surface area contributed by atoms with Crippen LogP contribution in [0.4, 0.5) is 5.82 Å². The maximum Gasteiger partial charge on any atom is 0.251 e. The zero-order chi connectivity index (χ0) is 18.9. The van der Waals surface area contributed by atoms with Gasteiger partial charge in [-0.2, -0.15) is 5.10 Å². The molecule has 0 unspecified atom stereocenters. The number of hydrogen-bond donors (Lipinski definition) is 2. The van der Waals surface area contributed by atoms with Gasteiger partial charge in [-0.05, 0) is 42.5 Å². The highest BCUT2D eigenvalue weighted by atomic mass is 32.1. The summed E-state index contributed by atoms with van der Waals surface area (Å²) in [5.74, 6) is 0.970.